The van der Waals surface area contributed by atoms with Crippen molar-refractivity contribution in [2.75, 3.05) is 0 Å². The molecule has 0 amide bonds. The van der Waals surface area contributed by atoms with Gasteiger partial charge in [-0.2, -0.15) is 8.78 Å². The van der Waals surface area contributed by atoms with Crippen LogP contribution < -0.4 is 4.74 Å². The number of rotatable bonds is 4. The minimum absolute atomic E-state index is 0.0534. The van der Waals surface area contributed by atoms with Gasteiger partial charge in [0.05, 0.1) is 5.41 Å². The van der Waals surface area contributed by atoms with Gasteiger partial charge in [-0.05, 0) is 29.3 Å². The van der Waals surface area contributed by atoms with Crippen LogP contribution in [-0.4, -0.2) is 12.8 Å². The van der Waals surface area contributed by atoms with Gasteiger partial charge in [0.1, 0.15) is 11.9 Å². The monoisotopic (exact) mass is 316 g/mol. The zero-order valence-electron chi connectivity index (χ0n) is 12.2. The highest BCUT2D eigenvalue weighted by molar-refractivity contribution is 5.51. The van der Waals surface area contributed by atoms with Gasteiger partial charge >= 0.3 is 6.61 Å². The molecule has 4 heteroatoms. The second kappa shape index (κ2) is 6.32. The Balaban J connectivity index is 2.06. The average Bonchev–Trinajstić information content (AvgIpc) is 2.57. The molecule has 0 spiro atoms. The highest BCUT2D eigenvalue weighted by Crippen LogP contribution is 2.41. The van der Waals surface area contributed by atoms with Crippen LogP contribution in [0.1, 0.15) is 11.1 Å². The first-order valence-electron chi connectivity index (χ1n) is 7.24. The molecule has 1 aliphatic carbocycles. The van der Waals surface area contributed by atoms with Crippen molar-refractivity contribution in [1.29, 1.82) is 0 Å². The molecule has 0 fully saturated rings. The molecule has 2 atom stereocenters. The minimum Gasteiger partial charge on any atom is -0.435 e. The summed E-state index contributed by atoms with van der Waals surface area (Å²) < 4.78 is 43.8. The maximum Gasteiger partial charge on any atom is 0.387 e. The summed E-state index contributed by atoms with van der Waals surface area (Å²) in [6.07, 6.45) is 5.51. The standard InChI is InChI=1S/C19H15F3O/c20-17-8-4-5-13-19(17,14-6-2-1-3-7-14)15-9-11-16(12-10-15)23-18(21)22/h1-13,17-18H. The van der Waals surface area contributed by atoms with Crippen LogP contribution in [0.4, 0.5) is 13.2 Å². The van der Waals surface area contributed by atoms with Crippen LogP contribution in [0.25, 0.3) is 0 Å². The van der Waals surface area contributed by atoms with E-state index >= 15 is 0 Å². The van der Waals surface area contributed by atoms with Gasteiger partial charge in [0, 0.05) is 0 Å². The molecule has 2 unspecified atom stereocenters. The summed E-state index contributed by atoms with van der Waals surface area (Å²) in [5.74, 6) is 0.0534. The molecular weight excluding hydrogens is 301 g/mol. The van der Waals surface area contributed by atoms with E-state index in [0.29, 0.717) is 5.56 Å². The number of allylic oxidation sites excluding steroid dienone is 4. The van der Waals surface area contributed by atoms with Gasteiger partial charge in [0.15, 0.2) is 0 Å². The third kappa shape index (κ3) is 2.89. The first-order valence-corrected chi connectivity index (χ1v) is 7.24. The second-order valence-corrected chi connectivity index (χ2v) is 5.28. The van der Waals surface area contributed by atoms with Crippen LogP contribution in [0, 0.1) is 0 Å². The lowest BCUT2D eigenvalue weighted by Crippen LogP contribution is -2.36. The van der Waals surface area contributed by atoms with Crippen LogP contribution in [-0.2, 0) is 5.41 Å². The van der Waals surface area contributed by atoms with Gasteiger partial charge in [-0.3, -0.25) is 0 Å². The topological polar surface area (TPSA) is 9.23 Å². The molecule has 1 aliphatic rings. The largest absolute Gasteiger partial charge is 0.435 e. The first kappa shape index (κ1) is 15.4. The number of hydrogen-bond acceptors (Lipinski definition) is 1. The lowest BCUT2D eigenvalue weighted by Gasteiger charge is -2.35. The highest BCUT2D eigenvalue weighted by atomic mass is 19.3. The van der Waals surface area contributed by atoms with Crippen molar-refractivity contribution in [3.8, 4) is 5.75 Å². The molecule has 0 heterocycles. The zero-order chi connectivity index (χ0) is 16.3. The Kier molecular flexibility index (Phi) is 4.24. The van der Waals surface area contributed by atoms with Gasteiger partial charge < -0.3 is 4.74 Å². The van der Waals surface area contributed by atoms with E-state index in [0.717, 1.165) is 5.56 Å². The summed E-state index contributed by atoms with van der Waals surface area (Å²) >= 11 is 0. The van der Waals surface area contributed by atoms with E-state index in [2.05, 4.69) is 4.74 Å². The molecule has 0 saturated carbocycles. The Morgan fingerprint density at radius 2 is 1.52 bits per heavy atom. The molecule has 118 valence electrons. The van der Waals surface area contributed by atoms with Crippen LogP contribution in [0.2, 0.25) is 0 Å². The predicted octanol–water partition coefficient (Wildman–Crippen LogP) is 5.04. The zero-order valence-corrected chi connectivity index (χ0v) is 12.2. The van der Waals surface area contributed by atoms with E-state index in [1.54, 1.807) is 30.4 Å². The number of ether oxygens (including phenoxy) is 1. The molecule has 0 saturated heterocycles. The molecular formula is C19H15F3O. The third-order valence-electron chi connectivity index (χ3n) is 3.99. The van der Waals surface area contributed by atoms with Crippen LogP contribution in [0.5, 0.6) is 5.75 Å². The minimum atomic E-state index is -2.88. The quantitative estimate of drug-likeness (QED) is 0.768. The lowest BCUT2D eigenvalue weighted by atomic mass is 9.69. The van der Waals surface area contributed by atoms with Crippen molar-refractivity contribution in [3.05, 3.63) is 90.0 Å². The van der Waals surface area contributed by atoms with Crippen molar-refractivity contribution in [2.45, 2.75) is 18.2 Å². The molecule has 2 aromatic carbocycles. The van der Waals surface area contributed by atoms with E-state index < -0.39 is 18.2 Å². The lowest BCUT2D eigenvalue weighted by molar-refractivity contribution is -0.0498. The van der Waals surface area contributed by atoms with Crippen molar-refractivity contribution in [1.82, 2.24) is 0 Å². The van der Waals surface area contributed by atoms with Gasteiger partial charge in [-0.15, -0.1) is 0 Å². The van der Waals surface area contributed by atoms with Gasteiger partial charge in [-0.1, -0.05) is 60.7 Å². The number of hydrogen-bond donors (Lipinski definition) is 0. The van der Waals surface area contributed by atoms with E-state index in [1.807, 2.05) is 30.3 Å². The second-order valence-electron chi connectivity index (χ2n) is 5.28. The number of halogens is 3. The van der Waals surface area contributed by atoms with Crippen molar-refractivity contribution >= 4 is 0 Å². The Labute approximate surface area is 132 Å². The molecule has 23 heavy (non-hydrogen) atoms. The van der Waals surface area contributed by atoms with Crippen LogP contribution in [0.15, 0.2) is 78.9 Å². The molecule has 1 nitrogen and oxygen atoms in total. The third-order valence-corrected chi connectivity index (χ3v) is 3.99. The fourth-order valence-corrected chi connectivity index (χ4v) is 2.92. The fourth-order valence-electron chi connectivity index (χ4n) is 2.92. The summed E-state index contributed by atoms with van der Waals surface area (Å²) in [4.78, 5) is 0. The molecule has 0 aliphatic heterocycles. The van der Waals surface area contributed by atoms with Crippen molar-refractivity contribution in [3.63, 3.8) is 0 Å². The summed E-state index contributed by atoms with van der Waals surface area (Å²) in [7, 11) is 0. The van der Waals surface area contributed by atoms with Crippen molar-refractivity contribution in [2.24, 2.45) is 0 Å². The van der Waals surface area contributed by atoms with Gasteiger partial charge in [-0.25, -0.2) is 4.39 Å². The molecule has 0 N–H and O–H groups in total. The van der Waals surface area contributed by atoms with Gasteiger partial charge in [0.25, 0.3) is 0 Å². The fraction of sp³-hybridized carbons (Fsp3) is 0.158. The number of benzene rings is 2. The Morgan fingerprint density at radius 3 is 2.13 bits per heavy atom. The molecule has 0 radical (unpaired) electrons. The summed E-state index contributed by atoms with van der Waals surface area (Å²) in [6.45, 7) is -2.88. The smallest absolute Gasteiger partial charge is 0.387 e. The predicted molar refractivity (Wildman–Crippen MR) is 83.5 cm³/mol. The van der Waals surface area contributed by atoms with E-state index in [1.165, 1.54) is 18.2 Å². The van der Waals surface area contributed by atoms with E-state index in [4.69, 9.17) is 0 Å². The average molecular weight is 316 g/mol. The number of alkyl halides is 3. The maximum absolute atomic E-state index is 14.9. The molecule has 0 aromatic heterocycles. The maximum atomic E-state index is 14.9. The molecule has 2 aromatic rings. The Bertz CT molecular complexity index is 707. The normalized spacial score (nSPS) is 23.2. The summed E-state index contributed by atoms with van der Waals surface area (Å²) in [5, 5.41) is 0. The SMILES string of the molecule is FC(F)Oc1ccc(C2(c3ccccc3)C=CC=CC2F)cc1. The van der Waals surface area contributed by atoms with Crippen LogP contribution >= 0.6 is 0 Å². The van der Waals surface area contributed by atoms with E-state index in [9.17, 15) is 13.2 Å². The molecule has 3 rings (SSSR count). The summed E-state index contributed by atoms with van der Waals surface area (Å²) in [5.41, 5.74) is 0.508. The highest BCUT2D eigenvalue weighted by Gasteiger charge is 2.40. The Morgan fingerprint density at radius 1 is 0.870 bits per heavy atom. The van der Waals surface area contributed by atoms with Gasteiger partial charge in [0.2, 0.25) is 0 Å². The first-order chi connectivity index (χ1) is 11.1. The van der Waals surface area contributed by atoms with Crippen molar-refractivity contribution < 1.29 is 17.9 Å². The summed E-state index contributed by atoms with van der Waals surface area (Å²) in [6, 6.07) is 15.4. The van der Waals surface area contributed by atoms with Crippen LogP contribution in [0.3, 0.4) is 0 Å². The Hall–Kier alpha value is -2.49. The van der Waals surface area contributed by atoms with E-state index in [-0.39, 0.29) is 5.75 Å². The molecule has 0 bridgehead atoms.